The number of rotatable bonds is 5. The van der Waals surface area contributed by atoms with E-state index < -0.39 is 60.4 Å². The van der Waals surface area contributed by atoms with Gasteiger partial charge in [0.05, 0.1) is 18.8 Å². The molecule has 21 heavy (non-hydrogen) atoms. The molecule has 1 fully saturated rings. The molecule has 6 atom stereocenters. The van der Waals surface area contributed by atoms with Crippen LogP contribution < -0.4 is 5.32 Å². The molecule has 0 radical (unpaired) electrons. The summed E-state index contributed by atoms with van der Waals surface area (Å²) in [6.45, 7) is 0.309. The minimum atomic E-state index is -2.57. The van der Waals surface area contributed by atoms with Crippen LogP contribution in [0.3, 0.4) is 0 Å². The fourth-order valence-electron chi connectivity index (χ4n) is 2.12. The highest BCUT2D eigenvalue weighted by Crippen LogP contribution is 2.31. The molecular weight excluding hydrogens is 310 g/mol. The zero-order chi connectivity index (χ0) is 16.4. The molecule has 1 rings (SSSR count). The van der Waals surface area contributed by atoms with Crippen LogP contribution in [0.25, 0.3) is 0 Å². The molecule has 122 valence electrons. The quantitative estimate of drug-likeness (QED) is 0.288. The summed E-state index contributed by atoms with van der Waals surface area (Å²) in [5.74, 6) is -3.14. The van der Waals surface area contributed by atoms with Crippen molar-refractivity contribution in [1.82, 2.24) is 5.32 Å². The fraction of sp³-hybridized carbons (Fsp3) is 0.818. The maximum Gasteiger partial charge on any atom is 0.281 e. The Morgan fingerprint density at radius 2 is 2.05 bits per heavy atom. The third kappa shape index (κ3) is 4.10. The Labute approximate surface area is 125 Å². The van der Waals surface area contributed by atoms with E-state index in [1.165, 1.54) is 0 Å². The second-order valence-corrected chi connectivity index (χ2v) is 5.22. The molecule has 1 heterocycles. The number of ether oxygens (including phenoxy) is 1. The van der Waals surface area contributed by atoms with Gasteiger partial charge in [0.1, 0.15) is 18.3 Å². The van der Waals surface area contributed by atoms with Crippen molar-refractivity contribution in [1.29, 1.82) is 0 Å². The Balaban J connectivity index is 3.07. The summed E-state index contributed by atoms with van der Waals surface area (Å²) >= 11 is 5.19. The van der Waals surface area contributed by atoms with Crippen LogP contribution in [0, 0.1) is 0 Å². The predicted octanol–water partition coefficient (Wildman–Crippen LogP) is -3.19. The molecule has 0 unspecified atom stereocenters. The Morgan fingerprint density at radius 1 is 1.48 bits per heavy atom. The van der Waals surface area contributed by atoms with Crippen LogP contribution in [-0.4, -0.2) is 79.5 Å². The average molecular weight is 328 g/mol. The number of hydrogen-bond acceptors (Lipinski definition) is 8. The maximum absolute atomic E-state index is 11.2. The molecule has 1 saturated heterocycles. The van der Waals surface area contributed by atoms with Crippen molar-refractivity contribution in [2.45, 2.75) is 49.6 Å². The first-order valence-corrected chi connectivity index (χ1v) is 6.52. The van der Waals surface area contributed by atoms with Crippen LogP contribution >= 0.6 is 11.6 Å². The van der Waals surface area contributed by atoms with Crippen molar-refractivity contribution < 1.29 is 39.9 Å². The first kappa shape index (κ1) is 18.2. The van der Waals surface area contributed by atoms with Gasteiger partial charge in [0.2, 0.25) is 11.7 Å². The summed E-state index contributed by atoms with van der Waals surface area (Å²) in [4.78, 5) is 22.3. The summed E-state index contributed by atoms with van der Waals surface area (Å²) in [5.41, 5.74) is 0. The summed E-state index contributed by atoms with van der Waals surface area (Å²) in [5, 5.41) is 49.0. The summed E-state index contributed by atoms with van der Waals surface area (Å²) in [7, 11) is 0. The normalized spacial score (nSPS) is 35.9. The van der Waals surface area contributed by atoms with Gasteiger partial charge >= 0.3 is 0 Å². The Bertz CT molecular complexity index is 408. The molecule has 0 bridgehead atoms. The topological polar surface area (TPSA) is 157 Å². The standard InChI is InChI=1S/C11H18ClNO8/c1-4(15)13-7-5(16)2-11(20,10(12)19)21-9(7)8(18)6(17)3-14/h5-9,14,16-18,20H,2-3H2,1H3,(H,13,15)/t5-,6+,7+,8+,9+,11-/m0/s1. The van der Waals surface area contributed by atoms with E-state index in [0.717, 1.165) is 6.92 Å². The van der Waals surface area contributed by atoms with Crippen LogP contribution in [0.5, 0.6) is 0 Å². The van der Waals surface area contributed by atoms with E-state index in [9.17, 15) is 30.0 Å². The van der Waals surface area contributed by atoms with E-state index >= 15 is 0 Å². The Morgan fingerprint density at radius 3 is 2.48 bits per heavy atom. The Hall–Kier alpha value is -0.810. The molecule has 0 aromatic carbocycles. The predicted molar refractivity (Wildman–Crippen MR) is 68.0 cm³/mol. The van der Waals surface area contributed by atoms with E-state index in [1.54, 1.807) is 0 Å². The molecular formula is C11H18ClNO8. The minimum Gasteiger partial charge on any atom is -0.394 e. The molecule has 0 aliphatic carbocycles. The molecule has 9 nitrogen and oxygen atoms in total. The van der Waals surface area contributed by atoms with Gasteiger partial charge in [0, 0.05) is 13.3 Å². The number of amides is 1. The lowest BCUT2D eigenvalue weighted by Crippen LogP contribution is -2.66. The van der Waals surface area contributed by atoms with E-state index in [-0.39, 0.29) is 0 Å². The number of nitrogens with one attached hydrogen (secondary N) is 1. The van der Waals surface area contributed by atoms with Crippen molar-refractivity contribution >= 4 is 22.8 Å². The second kappa shape index (κ2) is 6.97. The van der Waals surface area contributed by atoms with E-state index in [4.69, 9.17) is 21.4 Å². The minimum absolute atomic E-state index is 0.569. The largest absolute Gasteiger partial charge is 0.394 e. The van der Waals surface area contributed by atoms with Gasteiger partial charge in [-0.2, -0.15) is 0 Å². The highest BCUT2D eigenvalue weighted by molar-refractivity contribution is 6.65. The smallest absolute Gasteiger partial charge is 0.281 e. The number of carbonyl (C=O) groups excluding carboxylic acids is 2. The zero-order valence-electron chi connectivity index (χ0n) is 11.1. The lowest BCUT2D eigenvalue weighted by molar-refractivity contribution is -0.282. The Kier molecular flexibility index (Phi) is 6.05. The number of hydrogen-bond donors (Lipinski definition) is 6. The molecule has 1 amide bonds. The monoisotopic (exact) mass is 327 g/mol. The summed E-state index contributed by atoms with van der Waals surface area (Å²) < 4.78 is 4.98. The third-order valence-electron chi connectivity index (χ3n) is 3.18. The summed E-state index contributed by atoms with van der Waals surface area (Å²) in [6.07, 6.45) is -7.12. The maximum atomic E-state index is 11.2. The average Bonchev–Trinajstić information content (AvgIpc) is 2.39. The lowest BCUT2D eigenvalue weighted by Gasteiger charge is -2.44. The molecule has 0 aromatic rings. The van der Waals surface area contributed by atoms with E-state index in [1.807, 2.05) is 0 Å². The van der Waals surface area contributed by atoms with Crippen molar-refractivity contribution in [3.8, 4) is 0 Å². The molecule has 0 aromatic heterocycles. The zero-order valence-corrected chi connectivity index (χ0v) is 11.9. The van der Waals surface area contributed by atoms with Gasteiger partial charge in [-0.05, 0) is 11.6 Å². The van der Waals surface area contributed by atoms with Gasteiger partial charge in [-0.25, -0.2) is 0 Å². The van der Waals surface area contributed by atoms with Gasteiger partial charge in [-0.1, -0.05) is 0 Å². The van der Waals surface area contributed by atoms with Gasteiger partial charge in [-0.15, -0.1) is 0 Å². The van der Waals surface area contributed by atoms with Crippen LogP contribution in [-0.2, 0) is 14.3 Å². The lowest BCUT2D eigenvalue weighted by atomic mass is 9.89. The van der Waals surface area contributed by atoms with Crippen LogP contribution in [0.15, 0.2) is 0 Å². The van der Waals surface area contributed by atoms with Gasteiger partial charge < -0.3 is 35.6 Å². The number of halogens is 1. The molecule has 6 N–H and O–H groups in total. The number of carbonyl (C=O) groups is 2. The first-order chi connectivity index (χ1) is 9.62. The van der Waals surface area contributed by atoms with Crippen molar-refractivity contribution in [3.05, 3.63) is 0 Å². The van der Waals surface area contributed by atoms with Crippen LogP contribution in [0.4, 0.5) is 0 Å². The van der Waals surface area contributed by atoms with Crippen molar-refractivity contribution in [2.75, 3.05) is 6.61 Å². The summed E-state index contributed by atoms with van der Waals surface area (Å²) in [6, 6.07) is -1.21. The van der Waals surface area contributed by atoms with E-state index in [2.05, 4.69) is 5.32 Å². The SMILES string of the molecule is CC(=O)N[C@H]1[C@H]([C@H](O)[C@H](O)CO)O[C@](O)(C(=O)Cl)C[C@@H]1O. The molecule has 0 spiro atoms. The number of aliphatic hydroxyl groups excluding tert-OH is 4. The molecule has 0 saturated carbocycles. The van der Waals surface area contributed by atoms with Crippen molar-refractivity contribution in [3.63, 3.8) is 0 Å². The van der Waals surface area contributed by atoms with Crippen LogP contribution in [0.1, 0.15) is 13.3 Å². The van der Waals surface area contributed by atoms with Crippen LogP contribution in [0.2, 0.25) is 0 Å². The highest BCUT2D eigenvalue weighted by atomic mass is 35.5. The van der Waals surface area contributed by atoms with Gasteiger partial charge in [-0.3, -0.25) is 9.59 Å². The second-order valence-electron chi connectivity index (χ2n) is 4.88. The molecule has 1 aliphatic heterocycles. The fourth-order valence-corrected chi connectivity index (χ4v) is 2.25. The van der Waals surface area contributed by atoms with Gasteiger partial charge in [0.15, 0.2) is 0 Å². The van der Waals surface area contributed by atoms with E-state index in [0.29, 0.717) is 0 Å². The highest BCUT2D eigenvalue weighted by Gasteiger charge is 2.53. The van der Waals surface area contributed by atoms with Crippen molar-refractivity contribution in [2.24, 2.45) is 0 Å². The molecule has 10 heteroatoms. The molecule has 1 aliphatic rings. The van der Waals surface area contributed by atoms with Gasteiger partial charge in [0.25, 0.3) is 5.24 Å². The number of aliphatic hydroxyl groups is 5. The third-order valence-corrected chi connectivity index (χ3v) is 3.48. The first-order valence-electron chi connectivity index (χ1n) is 6.14.